The van der Waals surface area contributed by atoms with Crippen LogP contribution in [0.2, 0.25) is 15.1 Å². The highest BCUT2D eigenvalue weighted by Gasteiger charge is 2.31. The van der Waals surface area contributed by atoms with Crippen LogP contribution in [0, 0.1) is 0 Å². The highest BCUT2D eigenvalue weighted by molar-refractivity contribution is 6.42. The Bertz CT molecular complexity index is 931. The van der Waals surface area contributed by atoms with Gasteiger partial charge in [-0.25, -0.2) is 0 Å². The average molecular weight is 498 g/mol. The Morgan fingerprint density at radius 3 is 2.38 bits per heavy atom. The van der Waals surface area contributed by atoms with Gasteiger partial charge in [0.2, 0.25) is 5.91 Å². The molecule has 2 aromatic rings. The summed E-state index contributed by atoms with van der Waals surface area (Å²) in [4.78, 5) is 27.9. The van der Waals surface area contributed by atoms with Crippen molar-refractivity contribution in [3.63, 3.8) is 0 Å². The third kappa shape index (κ3) is 6.77. The highest BCUT2D eigenvalue weighted by atomic mass is 35.5. The molecule has 1 aliphatic rings. The first-order chi connectivity index (χ1) is 15.4. The number of hydrogen-bond donors (Lipinski definition) is 1. The summed E-state index contributed by atoms with van der Waals surface area (Å²) in [6, 6.07) is 11.5. The maximum Gasteiger partial charge on any atom is 0.261 e. The van der Waals surface area contributed by atoms with Crippen LogP contribution in [0.1, 0.15) is 44.6 Å². The van der Waals surface area contributed by atoms with Crippen LogP contribution < -0.4 is 10.1 Å². The van der Waals surface area contributed by atoms with E-state index in [1.165, 1.54) is 0 Å². The van der Waals surface area contributed by atoms with Crippen molar-refractivity contribution < 1.29 is 14.3 Å². The summed E-state index contributed by atoms with van der Waals surface area (Å²) in [7, 11) is 0. The first-order valence-electron chi connectivity index (χ1n) is 10.8. The zero-order chi connectivity index (χ0) is 23.1. The molecule has 1 aliphatic carbocycles. The maximum atomic E-state index is 13.2. The molecule has 3 rings (SSSR count). The van der Waals surface area contributed by atoms with Crippen LogP contribution in [0.25, 0.3) is 0 Å². The Kier molecular flexibility index (Phi) is 9.09. The lowest BCUT2D eigenvalue weighted by Crippen LogP contribution is -2.52. The van der Waals surface area contributed by atoms with Crippen molar-refractivity contribution >= 4 is 46.6 Å². The first-order valence-corrected chi connectivity index (χ1v) is 11.9. The molecule has 0 bridgehead atoms. The minimum Gasteiger partial charge on any atom is -0.484 e. The van der Waals surface area contributed by atoms with Gasteiger partial charge in [-0.1, -0.05) is 60.6 Å². The van der Waals surface area contributed by atoms with Crippen molar-refractivity contribution in [2.75, 3.05) is 6.61 Å². The van der Waals surface area contributed by atoms with Gasteiger partial charge in [0, 0.05) is 17.6 Å². The number of halogens is 3. The predicted molar refractivity (Wildman–Crippen MR) is 128 cm³/mol. The molecule has 0 unspecified atom stereocenters. The number of nitrogens with zero attached hydrogens (tertiary/aromatic N) is 1. The van der Waals surface area contributed by atoms with Crippen LogP contribution >= 0.6 is 34.8 Å². The van der Waals surface area contributed by atoms with Crippen molar-refractivity contribution in [3.05, 3.63) is 63.1 Å². The molecule has 2 amide bonds. The number of benzene rings is 2. The molecule has 1 atom stereocenters. The molecule has 0 saturated heterocycles. The zero-order valence-corrected chi connectivity index (χ0v) is 20.2. The van der Waals surface area contributed by atoms with E-state index in [4.69, 9.17) is 39.5 Å². The summed E-state index contributed by atoms with van der Waals surface area (Å²) < 4.78 is 5.66. The molecule has 1 saturated carbocycles. The normalized spacial score (nSPS) is 14.8. The fraction of sp³-hybridized carbons (Fsp3) is 0.417. The average Bonchev–Trinajstić information content (AvgIpc) is 3.28. The Balaban J connectivity index is 1.77. The van der Waals surface area contributed by atoms with Crippen molar-refractivity contribution in [2.24, 2.45) is 0 Å². The standard InChI is InChI=1S/C24H27Cl3N2O3/c1-2-22(24(31)28-18-5-3-4-6-18)29(14-16-7-12-20(26)21(27)13-16)23(30)15-32-19-10-8-17(25)9-11-19/h7-13,18,22H,2-6,14-15H2,1H3,(H,28,31)/t22-/m1/s1. The lowest BCUT2D eigenvalue weighted by Gasteiger charge is -2.31. The van der Waals surface area contributed by atoms with E-state index in [0.29, 0.717) is 27.2 Å². The van der Waals surface area contributed by atoms with E-state index in [1.807, 2.05) is 6.92 Å². The summed E-state index contributed by atoms with van der Waals surface area (Å²) in [6.45, 7) is 1.92. The van der Waals surface area contributed by atoms with E-state index in [-0.39, 0.29) is 31.0 Å². The number of ether oxygens (including phenoxy) is 1. The molecule has 0 spiro atoms. The van der Waals surface area contributed by atoms with Gasteiger partial charge in [-0.15, -0.1) is 0 Å². The molecule has 172 valence electrons. The number of rotatable bonds is 9. The topological polar surface area (TPSA) is 58.6 Å². The van der Waals surface area contributed by atoms with Crippen LogP contribution in [-0.4, -0.2) is 35.4 Å². The Morgan fingerprint density at radius 1 is 1.06 bits per heavy atom. The SMILES string of the molecule is CC[C@H](C(=O)NC1CCCC1)N(Cc1ccc(Cl)c(Cl)c1)C(=O)COc1ccc(Cl)cc1. The molecule has 0 heterocycles. The predicted octanol–water partition coefficient (Wildman–Crippen LogP) is 5.89. The second-order valence-electron chi connectivity index (χ2n) is 7.93. The molecule has 32 heavy (non-hydrogen) atoms. The van der Waals surface area contributed by atoms with Crippen LogP contribution in [0.3, 0.4) is 0 Å². The highest BCUT2D eigenvalue weighted by Crippen LogP contribution is 2.25. The van der Waals surface area contributed by atoms with Gasteiger partial charge >= 0.3 is 0 Å². The second kappa shape index (κ2) is 11.8. The van der Waals surface area contributed by atoms with E-state index in [2.05, 4.69) is 5.32 Å². The summed E-state index contributed by atoms with van der Waals surface area (Å²) >= 11 is 18.1. The molecule has 0 aliphatic heterocycles. The van der Waals surface area contributed by atoms with Crippen molar-refractivity contribution in [1.29, 1.82) is 0 Å². The van der Waals surface area contributed by atoms with Gasteiger partial charge in [0.25, 0.3) is 5.91 Å². The number of amides is 2. The Labute approximate surface area is 204 Å². The van der Waals surface area contributed by atoms with Gasteiger partial charge in [-0.3, -0.25) is 9.59 Å². The van der Waals surface area contributed by atoms with E-state index in [9.17, 15) is 9.59 Å². The molecule has 8 heteroatoms. The molecule has 2 aromatic carbocycles. The number of hydrogen-bond acceptors (Lipinski definition) is 3. The molecular weight excluding hydrogens is 471 g/mol. The number of carbonyl (C=O) groups is 2. The van der Waals surface area contributed by atoms with E-state index >= 15 is 0 Å². The van der Waals surface area contributed by atoms with Crippen LogP contribution in [0.15, 0.2) is 42.5 Å². The Hall–Kier alpha value is -1.95. The van der Waals surface area contributed by atoms with Gasteiger partial charge in [0.15, 0.2) is 6.61 Å². The number of nitrogens with one attached hydrogen (secondary N) is 1. The molecule has 1 fully saturated rings. The summed E-state index contributed by atoms with van der Waals surface area (Å²) in [5, 5.41) is 4.53. The van der Waals surface area contributed by atoms with Gasteiger partial charge in [-0.2, -0.15) is 0 Å². The fourth-order valence-electron chi connectivity index (χ4n) is 3.88. The van der Waals surface area contributed by atoms with E-state index < -0.39 is 6.04 Å². The van der Waals surface area contributed by atoms with Gasteiger partial charge in [0.05, 0.1) is 10.0 Å². The maximum absolute atomic E-state index is 13.2. The fourth-order valence-corrected chi connectivity index (χ4v) is 4.33. The Morgan fingerprint density at radius 2 is 1.75 bits per heavy atom. The minimum atomic E-state index is -0.619. The summed E-state index contributed by atoms with van der Waals surface area (Å²) in [5.74, 6) is 0.0967. The number of carbonyl (C=O) groups excluding carboxylic acids is 2. The quantitative estimate of drug-likeness (QED) is 0.470. The zero-order valence-electron chi connectivity index (χ0n) is 18.0. The van der Waals surface area contributed by atoms with Crippen molar-refractivity contribution in [3.8, 4) is 5.75 Å². The molecule has 0 radical (unpaired) electrons. The lowest BCUT2D eigenvalue weighted by atomic mass is 10.1. The third-order valence-corrected chi connectivity index (χ3v) is 6.59. The second-order valence-corrected chi connectivity index (χ2v) is 9.18. The van der Waals surface area contributed by atoms with Crippen LogP contribution in [0.5, 0.6) is 5.75 Å². The smallest absolute Gasteiger partial charge is 0.261 e. The minimum absolute atomic E-state index is 0.140. The van der Waals surface area contributed by atoms with Gasteiger partial charge < -0.3 is 15.0 Å². The lowest BCUT2D eigenvalue weighted by molar-refractivity contribution is -0.143. The molecule has 1 N–H and O–H groups in total. The van der Waals surface area contributed by atoms with Gasteiger partial charge in [-0.05, 0) is 61.2 Å². The van der Waals surface area contributed by atoms with Crippen molar-refractivity contribution in [2.45, 2.75) is 57.7 Å². The monoisotopic (exact) mass is 496 g/mol. The summed E-state index contributed by atoms with van der Waals surface area (Å²) in [6.07, 6.45) is 4.66. The molecule has 5 nitrogen and oxygen atoms in total. The molecular formula is C24H27Cl3N2O3. The van der Waals surface area contributed by atoms with Gasteiger partial charge in [0.1, 0.15) is 11.8 Å². The summed E-state index contributed by atoms with van der Waals surface area (Å²) in [5.41, 5.74) is 0.784. The largest absolute Gasteiger partial charge is 0.484 e. The molecule has 0 aromatic heterocycles. The van der Waals surface area contributed by atoms with Crippen LogP contribution in [-0.2, 0) is 16.1 Å². The van der Waals surface area contributed by atoms with E-state index in [0.717, 1.165) is 31.2 Å². The van der Waals surface area contributed by atoms with Crippen LogP contribution in [0.4, 0.5) is 0 Å². The third-order valence-electron chi connectivity index (χ3n) is 5.60. The first kappa shape index (κ1) is 24.7. The van der Waals surface area contributed by atoms with Crippen molar-refractivity contribution in [1.82, 2.24) is 10.2 Å². The van der Waals surface area contributed by atoms with E-state index in [1.54, 1.807) is 47.4 Å².